The van der Waals surface area contributed by atoms with Gasteiger partial charge >= 0.3 is 0 Å². The van der Waals surface area contributed by atoms with Crippen LogP contribution in [0.2, 0.25) is 0 Å². The summed E-state index contributed by atoms with van der Waals surface area (Å²) in [6.45, 7) is 8.96. The van der Waals surface area contributed by atoms with Crippen LogP contribution in [0.25, 0.3) is 0 Å². The van der Waals surface area contributed by atoms with Gasteiger partial charge in [-0.2, -0.15) is 0 Å². The first kappa shape index (κ1) is 26.2. The maximum absolute atomic E-state index is 13.2. The van der Waals surface area contributed by atoms with Crippen LogP contribution in [0.4, 0.5) is 0 Å². The average Bonchev–Trinajstić information content (AvgIpc) is 3.00. The summed E-state index contributed by atoms with van der Waals surface area (Å²) < 4.78 is 0. The molecule has 0 aromatic carbocycles. The van der Waals surface area contributed by atoms with Crippen LogP contribution in [0.1, 0.15) is 86.0 Å². The van der Waals surface area contributed by atoms with Gasteiger partial charge in [-0.25, -0.2) is 0 Å². The predicted octanol–water partition coefficient (Wildman–Crippen LogP) is 1.85. The third kappa shape index (κ3) is 3.73. The number of ketones is 1. The van der Waals surface area contributed by atoms with E-state index in [9.17, 15) is 35.4 Å². The van der Waals surface area contributed by atoms with Crippen molar-refractivity contribution in [2.45, 2.75) is 121 Å². The zero-order chi connectivity index (χ0) is 25.5. The van der Waals surface area contributed by atoms with Gasteiger partial charge in [-0.1, -0.05) is 13.8 Å². The van der Waals surface area contributed by atoms with E-state index < -0.39 is 45.9 Å². The van der Waals surface area contributed by atoms with E-state index in [0.717, 1.165) is 0 Å². The molecule has 0 aliphatic heterocycles. The van der Waals surface area contributed by atoms with E-state index in [1.807, 2.05) is 13.8 Å². The van der Waals surface area contributed by atoms with Crippen LogP contribution in [-0.2, 0) is 4.79 Å². The summed E-state index contributed by atoms with van der Waals surface area (Å²) in [5.41, 5.74) is -4.27. The highest BCUT2D eigenvalue weighted by Gasteiger charge is 2.69. The number of fused-ring (bicyclic) bond motifs is 5. The highest BCUT2D eigenvalue weighted by molar-refractivity contribution is 5.95. The second-order valence-electron chi connectivity index (χ2n) is 13.2. The van der Waals surface area contributed by atoms with Crippen molar-refractivity contribution in [3.8, 4) is 0 Å². The molecule has 3 saturated carbocycles. The third-order valence-corrected chi connectivity index (χ3v) is 10.5. The molecule has 0 bridgehead atoms. The Labute approximate surface area is 202 Å². The number of allylic oxidation sites excluding steroid dienone is 1. The van der Waals surface area contributed by atoms with E-state index >= 15 is 0 Å². The molecule has 4 aliphatic rings. The van der Waals surface area contributed by atoms with Crippen molar-refractivity contribution < 1.29 is 35.4 Å². The van der Waals surface area contributed by atoms with Crippen LogP contribution >= 0.6 is 0 Å². The normalized spacial score (nSPS) is 47.2. The van der Waals surface area contributed by atoms with Gasteiger partial charge in [0.15, 0.2) is 5.78 Å². The Morgan fingerprint density at radius 1 is 1.06 bits per heavy atom. The van der Waals surface area contributed by atoms with Gasteiger partial charge in [-0.3, -0.25) is 4.79 Å². The molecule has 4 aliphatic carbocycles. The van der Waals surface area contributed by atoms with Crippen LogP contribution in [0, 0.1) is 28.6 Å². The zero-order valence-electron chi connectivity index (χ0n) is 21.3. The van der Waals surface area contributed by atoms with E-state index in [1.165, 1.54) is 0 Å². The Balaban J connectivity index is 1.66. The van der Waals surface area contributed by atoms with Crippen LogP contribution in [0.15, 0.2) is 11.6 Å². The van der Waals surface area contributed by atoms with Crippen LogP contribution < -0.4 is 0 Å². The molecule has 0 heterocycles. The second kappa shape index (κ2) is 8.09. The molecule has 7 nitrogen and oxygen atoms in total. The number of rotatable bonds is 5. The zero-order valence-corrected chi connectivity index (χ0v) is 21.3. The summed E-state index contributed by atoms with van der Waals surface area (Å²) in [5.74, 6) is -0.948. The minimum absolute atomic E-state index is 0.0840. The fourth-order valence-corrected chi connectivity index (χ4v) is 8.32. The van der Waals surface area contributed by atoms with Crippen molar-refractivity contribution in [2.75, 3.05) is 0 Å². The van der Waals surface area contributed by atoms with Crippen molar-refractivity contribution in [3.05, 3.63) is 11.6 Å². The van der Waals surface area contributed by atoms with E-state index in [0.29, 0.717) is 44.1 Å². The molecule has 10 atom stereocenters. The van der Waals surface area contributed by atoms with Gasteiger partial charge in [0, 0.05) is 11.3 Å². The largest absolute Gasteiger partial charge is 0.390 e. The summed E-state index contributed by atoms with van der Waals surface area (Å²) in [7, 11) is 0. The van der Waals surface area contributed by atoms with Crippen LogP contribution in [0.5, 0.6) is 0 Å². The lowest BCUT2D eigenvalue weighted by molar-refractivity contribution is -0.177. The Bertz CT molecular complexity index is 860. The smallest absolute Gasteiger partial charge is 0.159 e. The quantitative estimate of drug-likeness (QED) is 0.353. The molecule has 34 heavy (non-hydrogen) atoms. The molecule has 194 valence electrons. The summed E-state index contributed by atoms with van der Waals surface area (Å²) >= 11 is 0. The van der Waals surface area contributed by atoms with E-state index in [1.54, 1.807) is 26.8 Å². The lowest BCUT2D eigenvalue weighted by Crippen LogP contribution is -2.62. The number of aliphatic hydroxyl groups excluding tert-OH is 3. The maximum Gasteiger partial charge on any atom is 0.159 e. The SMILES string of the molecule is CC(C)(O)CC[C@H](O)[C@](C)(O)[C@@H]1CC[C@]2(O)C3=CC(=O)[C@@H]4C[C@H](O)[C@H](O)C[C@]4(C)[C@H]3CC[C@]12C. The van der Waals surface area contributed by atoms with E-state index in [2.05, 4.69) is 0 Å². The molecule has 0 amide bonds. The van der Waals surface area contributed by atoms with E-state index in [-0.39, 0.29) is 36.4 Å². The molecular formula is C27H44O7. The Morgan fingerprint density at radius 2 is 1.71 bits per heavy atom. The first-order valence-corrected chi connectivity index (χ1v) is 12.9. The first-order chi connectivity index (χ1) is 15.5. The molecular weight excluding hydrogens is 436 g/mol. The Kier molecular flexibility index (Phi) is 6.24. The van der Waals surface area contributed by atoms with Gasteiger partial charge in [0.1, 0.15) is 0 Å². The monoisotopic (exact) mass is 480 g/mol. The standard InChI is InChI=1S/C27H44O7/c1-23(2,32)9-8-22(31)26(5,33)21-7-11-27(34)16-12-18(28)17-13-19(29)20(30)14-24(17,3)15(16)6-10-25(21,27)4/h12,15,17,19-22,29-34H,6-11,13-14H2,1-5H3/t15-,17-,19-,20+,21+,22-,24+,25+,26+,27-/m0/s1. The number of carbonyl (C=O) groups is 1. The van der Waals surface area contributed by atoms with Crippen molar-refractivity contribution in [1.29, 1.82) is 0 Å². The van der Waals surface area contributed by atoms with Gasteiger partial charge in [-0.05, 0) is 101 Å². The number of hydrogen-bond donors (Lipinski definition) is 6. The van der Waals surface area contributed by atoms with Gasteiger partial charge in [0.2, 0.25) is 0 Å². The van der Waals surface area contributed by atoms with Crippen molar-refractivity contribution in [2.24, 2.45) is 28.6 Å². The fourth-order valence-electron chi connectivity index (χ4n) is 8.32. The highest BCUT2D eigenvalue weighted by atomic mass is 16.3. The lowest BCUT2D eigenvalue weighted by Gasteiger charge is -2.60. The van der Waals surface area contributed by atoms with Gasteiger partial charge < -0.3 is 30.6 Å². The summed E-state index contributed by atoms with van der Waals surface area (Å²) in [6, 6.07) is 0. The summed E-state index contributed by atoms with van der Waals surface area (Å²) in [4.78, 5) is 13.2. The predicted molar refractivity (Wildman–Crippen MR) is 127 cm³/mol. The van der Waals surface area contributed by atoms with Gasteiger partial charge in [0.25, 0.3) is 0 Å². The molecule has 0 unspecified atom stereocenters. The third-order valence-electron chi connectivity index (χ3n) is 10.5. The van der Waals surface area contributed by atoms with Gasteiger partial charge in [0.05, 0.1) is 35.1 Å². The van der Waals surface area contributed by atoms with Crippen molar-refractivity contribution in [1.82, 2.24) is 0 Å². The number of carbonyl (C=O) groups excluding carboxylic acids is 1. The molecule has 0 aromatic rings. The Hall–Kier alpha value is -0.830. The second-order valence-corrected chi connectivity index (χ2v) is 13.2. The molecule has 0 saturated heterocycles. The van der Waals surface area contributed by atoms with Gasteiger partial charge in [-0.15, -0.1) is 0 Å². The topological polar surface area (TPSA) is 138 Å². The molecule has 0 aromatic heterocycles. The lowest BCUT2D eigenvalue weighted by atomic mass is 9.45. The minimum Gasteiger partial charge on any atom is -0.390 e. The molecule has 6 N–H and O–H groups in total. The van der Waals surface area contributed by atoms with Crippen LogP contribution in [-0.4, -0.2) is 71.5 Å². The summed E-state index contributed by atoms with van der Waals surface area (Å²) in [5, 5.41) is 65.5. The highest BCUT2D eigenvalue weighted by Crippen LogP contribution is 2.68. The molecule has 0 spiro atoms. The number of aliphatic hydroxyl groups is 6. The average molecular weight is 481 g/mol. The van der Waals surface area contributed by atoms with Crippen molar-refractivity contribution in [3.63, 3.8) is 0 Å². The molecule has 0 radical (unpaired) electrons. The summed E-state index contributed by atoms with van der Waals surface area (Å²) in [6.07, 6.45) is 2.11. The van der Waals surface area contributed by atoms with Crippen LogP contribution in [0.3, 0.4) is 0 Å². The maximum atomic E-state index is 13.2. The number of hydrogen-bond acceptors (Lipinski definition) is 7. The first-order valence-electron chi connectivity index (χ1n) is 12.9. The molecule has 7 heteroatoms. The van der Waals surface area contributed by atoms with Crippen molar-refractivity contribution >= 4 is 5.78 Å². The molecule has 4 rings (SSSR count). The van der Waals surface area contributed by atoms with E-state index in [4.69, 9.17) is 0 Å². The minimum atomic E-state index is -1.46. The molecule has 3 fully saturated rings. The Morgan fingerprint density at radius 3 is 2.32 bits per heavy atom. The fraction of sp³-hybridized carbons (Fsp3) is 0.889.